The van der Waals surface area contributed by atoms with Crippen molar-refractivity contribution in [1.29, 1.82) is 0 Å². The van der Waals surface area contributed by atoms with Gasteiger partial charge in [-0.3, -0.25) is 9.88 Å². The van der Waals surface area contributed by atoms with E-state index in [2.05, 4.69) is 16.0 Å². The molecule has 0 spiro atoms. The number of β-amino-alcohol motifs (C(OH)–C–C–N with tert-alkyl or cyclic N) is 1. The minimum atomic E-state index is -0.313. The first-order valence-corrected chi connectivity index (χ1v) is 14.1. The molecule has 1 fully saturated rings. The van der Waals surface area contributed by atoms with Crippen LogP contribution in [-0.2, 0) is 19.8 Å². The normalized spacial score (nSPS) is 16.5. The van der Waals surface area contributed by atoms with E-state index >= 15 is 0 Å². The van der Waals surface area contributed by atoms with Gasteiger partial charge >= 0.3 is 0 Å². The lowest BCUT2D eigenvalue weighted by atomic mass is 9.99. The third-order valence-corrected chi connectivity index (χ3v) is 7.66. The van der Waals surface area contributed by atoms with Crippen molar-refractivity contribution in [2.24, 2.45) is 0 Å². The molecule has 6 rings (SSSR count). The first kappa shape index (κ1) is 27.3. The highest BCUT2D eigenvalue weighted by Gasteiger charge is 2.23. The molecule has 0 aliphatic carbocycles. The fourth-order valence-corrected chi connectivity index (χ4v) is 5.39. The van der Waals surface area contributed by atoms with Gasteiger partial charge in [0.2, 0.25) is 5.88 Å². The zero-order valence-electron chi connectivity index (χ0n) is 22.9. The Labute approximate surface area is 244 Å². The predicted octanol–water partition coefficient (Wildman–Crippen LogP) is 5.60. The van der Waals surface area contributed by atoms with Crippen LogP contribution in [0.5, 0.6) is 23.1 Å². The number of nitrogens with zero attached hydrogens (tertiary/aromatic N) is 3. The maximum absolute atomic E-state index is 9.99. The number of halogens is 1. The molecule has 2 aliphatic rings. The smallest absolute Gasteiger partial charge is 0.218 e. The molecule has 2 aromatic carbocycles. The largest absolute Gasteiger partial charge is 0.487 e. The predicted molar refractivity (Wildman–Crippen MR) is 156 cm³/mol. The van der Waals surface area contributed by atoms with Crippen LogP contribution >= 0.6 is 11.6 Å². The molecule has 0 radical (unpaired) electrons. The van der Waals surface area contributed by atoms with Crippen LogP contribution in [0.1, 0.15) is 28.8 Å². The van der Waals surface area contributed by atoms with Gasteiger partial charge in [0, 0.05) is 43.2 Å². The molecule has 2 aromatic heterocycles. The summed E-state index contributed by atoms with van der Waals surface area (Å²) >= 11 is 6.73. The lowest BCUT2D eigenvalue weighted by molar-refractivity contribution is 0.171. The molecule has 4 aromatic rings. The molecule has 0 amide bonds. The Hall–Kier alpha value is -3.85. The highest BCUT2D eigenvalue weighted by molar-refractivity contribution is 6.31. The summed E-state index contributed by atoms with van der Waals surface area (Å²) in [4.78, 5) is 11.2. The van der Waals surface area contributed by atoms with Crippen LogP contribution in [0.15, 0.2) is 67.0 Å². The van der Waals surface area contributed by atoms with Crippen molar-refractivity contribution >= 4 is 11.6 Å². The van der Waals surface area contributed by atoms with Crippen LogP contribution in [0.3, 0.4) is 0 Å². The van der Waals surface area contributed by atoms with Gasteiger partial charge < -0.3 is 24.1 Å². The van der Waals surface area contributed by atoms with Crippen LogP contribution in [-0.4, -0.2) is 52.4 Å². The van der Waals surface area contributed by atoms with E-state index < -0.39 is 0 Å². The van der Waals surface area contributed by atoms with E-state index in [1.54, 1.807) is 12.4 Å². The number of aliphatic hydroxyl groups excluding tert-OH is 1. The molecule has 0 bridgehead atoms. The SMILES string of the molecule is Cc1c(OCc2nc(OCc3cccnc3)c(CN3CC[C@@H](O)C3)cc2Cl)cccc1-c1ccc2c(c1)OCCO2. The molecular formula is C32H32ClN3O5. The average molecular weight is 574 g/mol. The fourth-order valence-electron chi connectivity index (χ4n) is 5.16. The number of hydrogen-bond donors (Lipinski definition) is 1. The van der Waals surface area contributed by atoms with Crippen LogP contribution in [0, 0.1) is 6.92 Å². The summed E-state index contributed by atoms with van der Waals surface area (Å²) in [5, 5.41) is 10.5. The van der Waals surface area contributed by atoms with E-state index in [1.807, 2.05) is 55.5 Å². The van der Waals surface area contributed by atoms with Gasteiger partial charge in [-0.25, -0.2) is 4.98 Å². The molecule has 0 unspecified atom stereocenters. The Morgan fingerprint density at radius 1 is 1.02 bits per heavy atom. The van der Waals surface area contributed by atoms with Gasteiger partial charge in [-0.05, 0) is 60.4 Å². The zero-order valence-corrected chi connectivity index (χ0v) is 23.6. The van der Waals surface area contributed by atoms with E-state index in [4.69, 9.17) is 35.5 Å². The average Bonchev–Trinajstić information content (AvgIpc) is 3.41. The lowest BCUT2D eigenvalue weighted by Crippen LogP contribution is -2.22. The maximum Gasteiger partial charge on any atom is 0.218 e. The summed E-state index contributed by atoms with van der Waals surface area (Å²) in [6.07, 6.45) is 3.94. The number of hydrogen-bond acceptors (Lipinski definition) is 8. The zero-order chi connectivity index (χ0) is 28.2. The number of fused-ring (bicyclic) bond motifs is 1. The minimum Gasteiger partial charge on any atom is -0.487 e. The number of ether oxygens (including phenoxy) is 4. The van der Waals surface area contributed by atoms with Gasteiger partial charge in [-0.2, -0.15) is 0 Å². The second kappa shape index (κ2) is 12.3. The third-order valence-electron chi connectivity index (χ3n) is 7.33. The molecular weight excluding hydrogens is 542 g/mol. The Morgan fingerprint density at radius 3 is 2.71 bits per heavy atom. The first-order valence-electron chi connectivity index (χ1n) is 13.8. The third kappa shape index (κ3) is 6.40. The second-order valence-corrected chi connectivity index (χ2v) is 10.7. The fraction of sp³-hybridized carbons (Fsp3) is 0.312. The summed E-state index contributed by atoms with van der Waals surface area (Å²) in [5.74, 6) is 2.75. The van der Waals surface area contributed by atoms with Crippen molar-refractivity contribution in [3.63, 3.8) is 0 Å². The van der Waals surface area contributed by atoms with Gasteiger partial charge in [0.1, 0.15) is 37.9 Å². The van der Waals surface area contributed by atoms with Crippen molar-refractivity contribution in [3.05, 3.63) is 94.4 Å². The summed E-state index contributed by atoms with van der Waals surface area (Å²) in [6, 6.07) is 17.7. The molecule has 41 heavy (non-hydrogen) atoms. The number of rotatable bonds is 9. The Kier molecular flexibility index (Phi) is 8.23. The Morgan fingerprint density at radius 2 is 1.90 bits per heavy atom. The molecule has 1 N–H and O–H groups in total. The summed E-state index contributed by atoms with van der Waals surface area (Å²) in [5.41, 5.74) is 5.46. The van der Waals surface area contributed by atoms with Crippen LogP contribution in [0.25, 0.3) is 11.1 Å². The summed E-state index contributed by atoms with van der Waals surface area (Å²) in [7, 11) is 0. The highest BCUT2D eigenvalue weighted by atomic mass is 35.5. The molecule has 1 saturated heterocycles. The summed E-state index contributed by atoms with van der Waals surface area (Å²) < 4.78 is 23.9. The topological polar surface area (TPSA) is 86.2 Å². The lowest BCUT2D eigenvalue weighted by Gasteiger charge is -2.20. The van der Waals surface area contributed by atoms with Gasteiger partial charge in [0.25, 0.3) is 0 Å². The number of aliphatic hydroxyl groups is 1. The van der Waals surface area contributed by atoms with Gasteiger partial charge in [-0.1, -0.05) is 35.9 Å². The Bertz CT molecular complexity index is 1520. The quantitative estimate of drug-likeness (QED) is 0.277. The maximum atomic E-state index is 9.99. The van der Waals surface area contributed by atoms with Crippen molar-refractivity contribution in [3.8, 4) is 34.3 Å². The van der Waals surface area contributed by atoms with Gasteiger partial charge in [0.05, 0.1) is 11.1 Å². The monoisotopic (exact) mass is 573 g/mol. The molecule has 2 aliphatic heterocycles. The van der Waals surface area contributed by atoms with E-state index in [0.717, 1.165) is 58.0 Å². The number of benzene rings is 2. The molecule has 9 heteroatoms. The molecule has 4 heterocycles. The van der Waals surface area contributed by atoms with Crippen LogP contribution < -0.4 is 18.9 Å². The standard InChI is InChI=1S/C32H32ClN3O5/c1-21-26(23-7-8-30-31(15-23)39-13-12-38-30)5-2-6-29(21)40-20-28-27(33)14-24(17-36-11-9-25(37)18-36)32(35-28)41-19-22-4-3-10-34-16-22/h2-8,10,14-16,25,37H,9,11-13,17-20H2,1H3/t25-/m1/s1. The minimum absolute atomic E-state index is 0.177. The highest BCUT2D eigenvalue weighted by Crippen LogP contribution is 2.37. The van der Waals surface area contributed by atoms with Crippen molar-refractivity contribution in [2.75, 3.05) is 26.3 Å². The number of aromatic nitrogens is 2. The molecule has 212 valence electrons. The van der Waals surface area contributed by atoms with Crippen molar-refractivity contribution in [2.45, 2.75) is 39.2 Å². The van der Waals surface area contributed by atoms with Crippen molar-refractivity contribution < 1.29 is 24.1 Å². The summed E-state index contributed by atoms with van der Waals surface area (Å²) in [6.45, 7) is 5.65. The number of pyridine rings is 2. The molecule has 0 saturated carbocycles. The molecule has 1 atom stereocenters. The Balaban J connectivity index is 1.22. The van der Waals surface area contributed by atoms with Crippen LogP contribution in [0.2, 0.25) is 5.02 Å². The van der Waals surface area contributed by atoms with Gasteiger partial charge in [-0.15, -0.1) is 0 Å². The molecule has 8 nitrogen and oxygen atoms in total. The van der Waals surface area contributed by atoms with E-state index in [9.17, 15) is 5.11 Å². The van der Waals surface area contributed by atoms with E-state index in [1.165, 1.54) is 0 Å². The number of likely N-dealkylation sites (tertiary alicyclic amines) is 1. The van der Waals surface area contributed by atoms with Crippen LogP contribution in [0.4, 0.5) is 0 Å². The second-order valence-electron chi connectivity index (χ2n) is 10.3. The van der Waals surface area contributed by atoms with E-state index in [-0.39, 0.29) is 12.7 Å². The van der Waals surface area contributed by atoms with Crippen molar-refractivity contribution in [1.82, 2.24) is 14.9 Å². The van der Waals surface area contributed by atoms with E-state index in [0.29, 0.717) is 49.5 Å². The van der Waals surface area contributed by atoms with Gasteiger partial charge in [0.15, 0.2) is 11.5 Å². The first-order chi connectivity index (χ1) is 20.0.